The number of allylic oxidation sites excluding steroid dienone is 3. The van der Waals surface area contributed by atoms with Crippen molar-refractivity contribution in [3.05, 3.63) is 24.0 Å². The molecule has 2 atom stereocenters. The van der Waals surface area contributed by atoms with Gasteiger partial charge in [-0.1, -0.05) is 0 Å². The van der Waals surface area contributed by atoms with E-state index < -0.39 is 24.5 Å². The highest BCUT2D eigenvalue weighted by atomic mass is 19.1. The first-order valence-corrected chi connectivity index (χ1v) is 4.84. The van der Waals surface area contributed by atoms with Crippen LogP contribution in [0.3, 0.4) is 0 Å². The fourth-order valence-corrected chi connectivity index (χ4v) is 1.80. The number of rotatable bonds is 2. The van der Waals surface area contributed by atoms with E-state index in [0.29, 0.717) is 0 Å². The van der Waals surface area contributed by atoms with E-state index in [2.05, 4.69) is 0 Å². The molecule has 0 spiro atoms. The molecule has 0 aromatic carbocycles. The molecule has 4 nitrogen and oxygen atoms in total. The molecule has 0 saturated heterocycles. The standard InChI is InChI=1S/C11H9FO4/c12-4-10(15)11-3-6-7(5-16-11)9(14)2-1-8(6)13/h1-2,5-6,11H,3-4H2. The molecular weight excluding hydrogens is 215 g/mol. The Morgan fingerprint density at radius 1 is 1.44 bits per heavy atom. The molecular formula is C11H9FO4. The predicted octanol–water partition coefficient (Wildman–Crippen LogP) is 0.522. The number of hydrogen-bond donors (Lipinski definition) is 0. The Morgan fingerprint density at radius 2 is 2.19 bits per heavy atom. The Hall–Kier alpha value is -1.78. The number of Topliss-reactive ketones (excluding diaryl/α,β-unsaturated/α-hetero) is 1. The highest BCUT2D eigenvalue weighted by molar-refractivity contribution is 6.16. The van der Waals surface area contributed by atoms with E-state index in [1.165, 1.54) is 12.2 Å². The first kappa shape index (κ1) is 10.7. The van der Waals surface area contributed by atoms with Crippen molar-refractivity contribution in [3.8, 4) is 0 Å². The highest BCUT2D eigenvalue weighted by Crippen LogP contribution is 2.29. The second-order valence-electron chi connectivity index (χ2n) is 3.69. The van der Waals surface area contributed by atoms with E-state index in [1.54, 1.807) is 0 Å². The van der Waals surface area contributed by atoms with Gasteiger partial charge in [-0.15, -0.1) is 0 Å². The number of carbonyl (C=O) groups excluding carboxylic acids is 3. The fourth-order valence-electron chi connectivity index (χ4n) is 1.80. The van der Waals surface area contributed by atoms with Crippen LogP contribution in [0, 0.1) is 5.92 Å². The van der Waals surface area contributed by atoms with Crippen molar-refractivity contribution in [2.24, 2.45) is 5.92 Å². The van der Waals surface area contributed by atoms with E-state index in [0.717, 1.165) is 6.26 Å². The van der Waals surface area contributed by atoms with Crippen molar-refractivity contribution in [2.45, 2.75) is 12.5 Å². The smallest absolute Gasteiger partial charge is 0.204 e. The van der Waals surface area contributed by atoms with E-state index in [1.807, 2.05) is 0 Å². The van der Waals surface area contributed by atoms with Gasteiger partial charge in [-0.3, -0.25) is 14.4 Å². The molecule has 0 aromatic heterocycles. The summed E-state index contributed by atoms with van der Waals surface area (Å²) in [6, 6.07) is 0. The number of fused-ring (bicyclic) bond motifs is 1. The highest BCUT2D eigenvalue weighted by Gasteiger charge is 2.37. The SMILES string of the molecule is O=C1C=CC(=O)C2CC(C(=O)CF)OC=C12. The first-order valence-electron chi connectivity index (χ1n) is 4.84. The Morgan fingerprint density at radius 3 is 2.88 bits per heavy atom. The summed E-state index contributed by atoms with van der Waals surface area (Å²) in [6.07, 6.45) is 2.56. The van der Waals surface area contributed by atoms with Crippen LogP contribution in [0.4, 0.5) is 4.39 Å². The molecule has 1 heterocycles. The number of carbonyl (C=O) groups is 3. The zero-order valence-electron chi connectivity index (χ0n) is 8.31. The molecule has 0 aromatic rings. The van der Waals surface area contributed by atoms with Crippen molar-refractivity contribution < 1.29 is 23.5 Å². The van der Waals surface area contributed by atoms with Crippen molar-refractivity contribution in [2.75, 3.05) is 6.67 Å². The average molecular weight is 224 g/mol. The van der Waals surface area contributed by atoms with Crippen molar-refractivity contribution in [3.63, 3.8) is 0 Å². The summed E-state index contributed by atoms with van der Waals surface area (Å²) in [7, 11) is 0. The van der Waals surface area contributed by atoms with Crippen LogP contribution in [-0.4, -0.2) is 30.1 Å². The minimum atomic E-state index is -1.13. The summed E-state index contributed by atoms with van der Waals surface area (Å²) in [4.78, 5) is 33.9. The van der Waals surface area contributed by atoms with Crippen molar-refractivity contribution >= 4 is 17.3 Å². The van der Waals surface area contributed by atoms with Crippen LogP contribution >= 0.6 is 0 Å². The van der Waals surface area contributed by atoms with Gasteiger partial charge < -0.3 is 4.74 Å². The summed E-state index contributed by atoms with van der Waals surface area (Å²) in [6.45, 7) is -1.13. The summed E-state index contributed by atoms with van der Waals surface area (Å²) < 4.78 is 17.1. The Kier molecular flexibility index (Phi) is 2.68. The van der Waals surface area contributed by atoms with Crippen LogP contribution in [0.15, 0.2) is 24.0 Å². The summed E-state index contributed by atoms with van der Waals surface area (Å²) in [5.41, 5.74) is 0.246. The van der Waals surface area contributed by atoms with Gasteiger partial charge >= 0.3 is 0 Å². The van der Waals surface area contributed by atoms with Gasteiger partial charge in [-0.25, -0.2) is 4.39 Å². The molecule has 2 aliphatic rings. The van der Waals surface area contributed by atoms with Gasteiger partial charge in [0.2, 0.25) is 5.78 Å². The van der Waals surface area contributed by atoms with E-state index >= 15 is 0 Å². The minimum absolute atomic E-state index is 0.0451. The maximum absolute atomic E-state index is 12.2. The van der Waals surface area contributed by atoms with E-state index in [9.17, 15) is 18.8 Å². The topological polar surface area (TPSA) is 60.4 Å². The van der Waals surface area contributed by atoms with Crippen LogP contribution in [0.1, 0.15) is 6.42 Å². The quantitative estimate of drug-likeness (QED) is 0.686. The lowest BCUT2D eigenvalue weighted by molar-refractivity contribution is -0.132. The number of halogens is 1. The second kappa shape index (κ2) is 4.00. The molecule has 16 heavy (non-hydrogen) atoms. The molecule has 0 amide bonds. The normalized spacial score (nSPS) is 28.2. The van der Waals surface area contributed by atoms with Crippen molar-refractivity contribution in [1.82, 2.24) is 0 Å². The molecule has 0 fully saturated rings. The van der Waals surface area contributed by atoms with Crippen molar-refractivity contribution in [1.29, 1.82) is 0 Å². The summed E-state index contributed by atoms with van der Waals surface area (Å²) >= 11 is 0. The molecule has 1 aliphatic carbocycles. The van der Waals surface area contributed by atoms with Crippen LogP contribution in [0.5, 0.6) is 0 Å². The zero-order valence-corrected chi connectivity index (χ0v) is 8.31. The van der Waals surface area contributed by atoms with Crippen LogP contribution in [0.25, 0.3) is 0 Å². The lowest BCUT2D eigenvalue weighted by Gasteiger charge is -2.28. The number of ether oxygens (including phenoxy) is 1. The number of alkyl halides is 1. The zero-order chi connectivity index (χ0) is 11.7. The van der Waals surface area contributed by atoms with Crippen LogP contribution in [0.2, 0.25) is 0 Å². The molecule has 5 heteroatoms. The third-order valence-electron chi connectivity index (χ3n) is 2.70. The Balaban J connectivity index is 2.25. The van der Waals surface area contributed by atoms with Gasteiger partial charge in [0, 0.05) is 12.0 Å². The van der Waals surface area contributed by atoms with Crippen LogP contribution in [-0.2, 0) is 19.1 Å². The maximum atomic E-state index is 12.2. The van der Waals surface area contributed by atoms with Gasteiger partial charge in [-0.2, -0.15) is 0 Å². The number of ketones is 3. The summed E-state index contributed by atoms with van der Waals surface area (Å²) in [5.74, 6) is -1.90. The Labute approximate surface area is 90.8 Å². The third-order valence-corrected chi connectivity index (χ3v) is 2.70. The molecule has 0 saturated carbocycles. The third kappa shape index (κ3) is 1.68. The fraction of sp³-hybridized carbons (Fsp3) is 0.364. The average Bonchev–Trinajstić information content (AvgIpc) is 2.32. The van der Waals surface area contributed by atoms with Gasteiger partial charge in [0.25, 0.3) is 0 Å². The molecule has 2 unspecified atom stereocenters. The van der Waals surface area contributed by atoms with E-state index in [4.69, 9.17) is 4.74 Å². The maximum Gasteiger partial charge on any atom is 0.204 e. The lowest BCUT2D eigenvalue weighted by Crippen LogP contribution is -2.36. The van der Waals surface area contributed by atoms with Gasteiger partial charge in [0.15, 0.2) is 24.3 Å². The second-order valence-corrected chi connectivity index (χ2v) is 3.69. The summed E-state index contributed by atoms with van der Waals surface area (Å²) in [5, 5.41) is 0. The monoisotopic (exact) mass is 224 g/mol. The molecule has 84 valence electrons. The molecule has 0 N–H and O–H groups in total. The molecule has 1 aliphatic heterocycles. The molecule has 0 bridgehead atoms. The lowest BCUT2D eigenvalue weighted by atomic mass is 9.81. The largest absolute Gasteiger partial charge is 0.490 e. The number of hydrogen-bond acceptors (Lipinski definition) is 4. The first-order chi connectivity index (χ1) is 7.63. The predicted molar refractivity (Wildman–Crippen MR) is 51.2 cm³/mol. The Bertz CT molecular complexity index is 422. The van der Waals surface area contributed by atoms with E-state index in [-0.39, 0.29) is 23.6 Å². The molecule has 0 radical (unpaired) electrons. The molecule has 2 rings (SSSR count). The van der Waals surface area contributed by atoms with Crippen LogP contribution < -0.4 is 0 Å². The minimum Gasteiger partial charge on any atom is -0.490 e. The van der Waals surface area contributed by atoms with Gasteiger partial charge in [-0.05, 0) is 12.2 Å². The van der Waals surface area contributed by atoms with Gasteiger partial charge in [0.1, 0.15) is 0 Å². The van der Waals surface area contributed by atoms with Gasteiger partial charge in [0.05, 0.1) is 12.2 Å².